The molecular weight excluding hydrogens is 222 g/mol. The van der Waals surface area contributed by atoms with Gasteiger partial charge in [0, 0.05) is 11.3 Å². The third kappa shape index (κ3) is 1.82. The highest BCUT2D eigenvalue weighted by atomic mass is 16.1. The molecule has 2 aromatic rings. The van der Waals surface area contributed by atoms with Crippen LogP contribution in [-0.4, -0.2) is 12.3 Å². The van der Waals surface area contributed by atoms with Crippen molar-refractivity contribution in [1.82, 2.24) is 0 Å². The summed E-state index contributed by atoms with van der Waals surface area (Å²) in [4.78, 5) is 11.0. The normalized spacial score (nSPS) is 17.3. The first-order valence-corrected chi connectivity index (χ1v) is 5.97. The van der Waals surface area contributed by atoms with Gasteiger partial charge in [0.2, 0.25) is 0 Å². The summed E-state index contributed by atoms with van der Waals surface area (Å²) in [5.41, 5.74) is 4.40. The van der Waals surface area contributed by atoms with Gasteiger partial charge >= 0.3 is 0 Å². The zero-order chi connectivity index (χ0) is 12.4. The van der Waals surface area contributed by atoms with E-state index in [0.717, 1.165) is 28.7 Å². The lowest BCUT2D eigenvalue weighted by Crippen LogP contribution is -2.23. The predicted octanol–water partition coefficient (Wildman–Crippen LogP) is 3.11. The van der Waals surface area contributed by atoms with Crippen molar-refractivity contribution in [2.45, 2.75) is 6.04 Å². The lowest BCUT2D eigenvalue weighted by atomic mass is 9.92. The molecule has 1 unspecified atom stereocenters. The maximum atomic E-state index is 11.0. The molecule has 3 rings (SSSR count). The highest BCUT2D eigenvalue weighted by Gasteiger charge is 2.18. The first-order valence-electron chi connectivity index (χ1n) is 5.97. The van der Waals surface area contributed by atoms with E-state index >= 15 is 0 Å². The third-order valence-corrected chi connectivity index (χ3v) is 3.12. The van der Waals surface area contributed by atoms with Crippen LogP contribution < -0.4 is 5.32 Å². The van der Waals surface area contributed by atoms with Gasteiger partial charge in [-0.05, 0) is 23.3 Å². The van der Waals surface area contributed by atoms with Crippen molar-refractivity contribution < 1.29 is 4.79 Å². The molecule has 1 aliphatic rings. The minimum atomic E-state index is -0.255. The van der Waals surface area contributed by atoms with E-state index in [0.29, 0.717) is 0 Å². The number of hydrogen-bond donors (Lipinski definition) is 1. The molecule has 1 heterocycles. The molecule has 1 aliphatic heterocycles. The largest absolute Gasteiger partial charge is 0.372 e. The van der Waals surface area contributed by atoms with Crippen LogP contribution in [0.3, 0.4) is 0 Å². The van der Waals surface area contributed by atoms with Crippen LogP contribution in [0.1, 0.15) is 11.1 Å². The lowest BCUT2D eigenvalue weighted by Gasteiger charge is -2.23. The number of hydrogen-bond acceptors (Lipinski definition) is 2. The van der Waals surface area contributed by atoms with Gasteiger partial charge < -0.3 is 10.1 Å². The van der Waals surface area contributed by atoms with Gasteiger partial charge in [-0.25, -0.2) is 0 Å². The second-order valence-electron chi connectivity index (χ2n) is 4.30. The Kier molecular flexibility index (Phi) is 2.69. The average Bonchev–Trinajstić information content (AvgIpc) is 2.47. The lowest BCUT2D eigenvalue weighted by molar-refractivity contribution is -0.107. The van der Waals surface area contributed by atoms with Crippen LogP contribution in [0.25, 0.3) is 5.57 Å². The molecule has 0 amide bonds. The molecule has 2 heteroatoms. The molecule has 2 aromatic carbocycles. The third-order valence-electron chi connectivity index (χ3n) is 3.12. The van der Waals surface area contributed by atoms with E-state index in [1.165, 1.54) is 0 Å². The Labute approximate surface area is 106 Å². The van der Waals surface area contributed by atoms with Gasteiger partial charge in [0.25, 0.3) is 0 Å². The maximum Gasteiger partial charge on any atom is 0.146 e. The number of nitrogens with one attached hydrogen (secondary N) is 1. The molecule has 0 bridgehead atoms. The fourth-order valence-corrected chi connectivity index (χ4v) is 2.28. The molecule has 0 fully saturated rings. The summed E-state index contributed by atoms with van der Waals surface area (Å²) in [7, 11) is 0. The van der Waals surface area contributed by atoms with Crippen LogP contribution in [0.4, 0.5) is 5.69 Å². The zero-order valence-electron chi connectivity index (χ0n) is 9.84. The molecule has 0 spiro atoms. The Morgan fingerprint density at radius 1 is 0.944 bits per heavy atom. The fraction of sp³-hybridized carbons (Fsp3) is 0.0625. The van der Waals surface area contributed by atoms with E-state index in [2.05, 4.69) is 23.5 Å². The summed E-state index contributed by atoms with van der Waals surface area (Å²) in [5.74, 6) is 0. The van der Waals surface area contributed by atoms with Crippen molar-refractivity contribution in [3.05, 3.63) is 71.8 Å². The van der Waals surface area contributed by atoms with Gasteiger partial charge in [-0.2, -0.15) is 0 Å². The van der Waals surface area contributed by atoms with E-state index in [1.54, 1.807) is 0 Å². The number of rotatable bonds is 2. The monoisotopic (exact) mass is 235 g/mol. The summed E-state index contributed by atoms with van der Waals surface area (Å²) in [6.07, 6.45) is 2.91. The van der Waals surface area contributed by atoms with Crippen molar-refractivity contribution in [2.75, 3.05) is 5.32 Å². The second kappa shape index (κ2) is 4.49. The molecule has 1 N–H and O–H groups in total. The number of fused-ring (bicyclic) bond motifs is 1. The highest BCUT2D eigenvalue weighted by Crippen LogP contribution is 2.33. The van der Waals surface area contributed by atoms with E-state index in [-0.39, 0.29) is 6.04 Å². The van der Waals surface area contributed by atoms with Gasteiger partial charge in [-0.1, -0.05) is 48.5 Å². The molecule has 0 aliphatic carbocycles. The predicted molar refractivity (Wildman–Crippen MR) is 73.4 cm³/mol. The van der Waals surface area contributed by atoms with Crippen molar-refractivity contribution >= 4 is 17.5 Å². The zero-order valence-corrected chi connectivity index (χ0v) is 9.84. The Bertz CT molecular complexity index is 602. The molecule has 0 saturated heterocycles. The van der Waals surface area contributed by atoms with E-state index < -0.39 is 0 Å². The van der Waals surface area contributed by atoms with Gasteiger partial charge in [-0.15, -0.1) is 0 Å². The van der Waals surface area contributed by atoms with Crippen LogP contribution in [0.15, 0.2) is 60.7 Å². The molecule has 0 radical (unpaired) electrons. The second-order valence-corrected chi connectivity index (χ2v) is 4.30. The van der Waals surface area contributed by atoms with E-state index in [1.807, 2.05) is 42.5 Å². The number of aldehydes is 1. The molecule has 1 atom stereocenters. The molecule has 0 aromatic heterocycles. The van der Waals surface area contributed by atoms with Crippen LogP contribution >= 0.6 is 0 Å². The van der Waals surface area contributed by atoms with Gasteiger partial charge in [0.1, 0.15) is 12.3 Å². The first kappa shape index (κ1) is 10.8. The van der Waals surface area contributed by atoms with Gasteiger partial charge in [-0.3, -0.25) is 0 Å². The molecular formula is C16H13NO. The summed E-state index contributed by atoms with van der Waals surface area (Å²) in [6, 6.07) is 18.0. The van der Waals surface area contributed by atoms with Crippen molar-refractivity contribution in [2.24, 2.45) is 0 Å². The SMILES string of the molecule is O=CC1C=C(c2ccccc2)c2ccccc2N1. The van der Waals surface area contributed by atoms with Gasteiger partial charge in [0.05, 0.1) is 0 Å². The Morgan fingerprint density at radius 2 is 1.67 bits per heavy atom. The Morgan fingerprint density at radius 3 is 2.44 bits per heavy atom. The average molecular weight is 235 g/mol. The fourth-order valence-electron chi connectivity index (χ4n) is 2.28. The number of carbonyl (C=O) groups excluding carboxylic acids is 1. The minimum absolute atomic E-state index is 0.255. The quantitative estimate of drug-likeness (QED) is 0.810. The Balaban J connectivity index is 2.16. The van der Waals surface area contributed by atoms with Crippen molar-refractivity contribution in [3.63, 3.8) is 0 Å². The number of para-hydroxylation sites is 1. The number of carbonyl (C=O) groups is 1. The van der Waals surface area contributed by atoms with Crippen molar-refractivity contribution in [3.8, 4) is 0 Å². The van der Waals surface area contributed by atoms with Crippen LogP contribution in [0.5, 0.6) is 0 Å². The highest BCUT2D eigenvalue weighted by molar-refractivity contribution is 5.92. The Hall–Kier alpha value is -2.35. The van der Waals surface area contributed by atoms with E-state index in [4.69, 9.17) is 0 Å². The summed E-state index contributed by atoms with van der Waals surface area (Å²) < 4.78 is 0. The van der Waals surface area contributed by atoms with Gasteiger partial charge in [0.15, 0.2) is 0 Å². The minimum Gasteiger partial charge on any atom is -0.372 e. The van der Waals surface area contributed by atoms with Crippen molar-refractivity contribution in [1.29, 1.82) is 0 Å². The van der Waals surface area contributed by atoms with Crippen LogP contribution in [0.2, 0.25) is 0 Å². The molecule has 18 heavy (non-hydrogen) atoms. The molecule has 2 nitrogen and oxygen atoms in total. The summed E-state index contributed by atoms with van der Waals surface area (Å²) >= 11 is 0. The van der Waals surface area contributed by atoms with Crippen LogP contribution in [-0.2, 0) is 4.79 Å². The summed E-state index contributed by atoms with van der Waals surface area (Å²) in [6.45, 7) is 0. The smallest absolute Gasteiger partial charge is 0.146 e. The number of anilines is 1. The summed E-state index contributed by atoms with van der Waals surface area (Å²) in [5, 5.41) is 3.20. The standard InChI is InChI=1S/C16H13NO/c18-11-13-10-15(12-6-2-1-3-7-12)14-8-4-5-9-16(14)17-13/h1-11,13,17H. The topological polar surface area (TPSA) is 29.1 Å². The van der Waals surface area contributed by atoms with Crippen LogP contribution in [0, 0.1) is 0 Å². The number of benzene rings is 2. The molecule has 88 valence electrons. The molecule has 0 saturated carbocycles. The maximum absolute atomic E-state index is 11.0. The first-order chi connectivity index (χ1) is 8.88. The van der Waals surface area contributed by atoms with E-state index in [9.17, 15) is 4.79 Å².